The molecule has 1 aromatic rings. The highest BCUT2D eigenvalue weighted by atomic mass is 19.4. The molecule has 1 nitrogen and oxygen atoms in total. The van der Waals surface area contributed by atoms with Gasteiger partial charge in [-0.05, 0) is 30.2 Å². The van der Waals surface area contributed by atoms with Gasteiger partial charge in [-0.1, -0.05) is 6.07 Å². The maximum absolute atomic E-state index is 13.0. The van der Waals surface area contributed by atoms with Gasteiger partial charge in [-0.15, -0.1) is 0 Å². The third-order valence-corrected chi connectivity index (χ3v) is 3.06. The standard InChI is InChI=1S/C11H10F5N/c1-6-4-7(11(14,15)16)2-3-8(6)9(17)5-10(9,12)13/h2-4H,5,17H2,1H3. The zero-order valence-electron chi connectivity index (χ0n) is 8.91. The second-order valence-corrected chi connectivity index (χ2v) is 4.38. The molecule has 1 aliphatic rings. The third kappa shape index (κ3) is 1.80. The van der Waals surface area contributed by atoms with E-state index >= 15 is 0 Å². The van der Waals surface area contributed by atoms with Gasteiger partial charge in [0.2, 0.25) is 0 Å². The fourth-order valence-electron chi connectivity index (χ4n) is 1.94. The molecule has 94 valence electrons. The highest BCUT2D eigenvalue weighted by molar-refractivity contribution is 5.43. The van der Waals surface area contributed by atoms with Crippen LogP contribution in [0.5, 0.6) is 0 Å². The predicted octanol–water partition coefficient (Wildman–Crippen LogP) is 3.21. The Morgan fingerprint density at radius 1 is 1.24 bits per heavy atom. The Bertz CT molecular complexity index is 465. The zero-order chi connectivity index (χ0) is 13.1. The molecular weight excluding hydrogens is 241 g/mol. The molecule has 1 unspecified atom stereocenters. The minimum absolute atomic E-state index is 0.0792. The van der Waals surface area contributed by atoms with Crippen molar-refractivity contribution in [3.63, 3.8) is 0 Å². The number of nitrogens with two attached hydrogens (primary N) is 1. The van der Waals surface area contributed by atoms with Gasteiger partial charge < -0.3 is 5.73 Å². The monoisotopic (exact) mass is 251 g/mol. The number of alkyl halides is 5. The Hall–Kier alpha value is -1.17. The summed E-state index contributed by atoms with van der Waals surface area (Å²) in [6, 6.07) is 2.67. The molecule has 0 heterocycles. The van der Waals surface area contributed by atoms with E-state index in [4.69, 9.17) is 5.73 Å². The smallest absolute Gasteiger partial charge is 0.316 e. The molecule has 0 spiro atoms. The SMILES string of the molecule is Cc1cc(C(F)(F)F)ccc1C1(N)CC1(F)F. The largest absolute Gasteiger partial charge is 0.416 e. The van der Waals surface area contributed by atoms with E-state index in [9.17, 15) is 22.0 Å². The van der Waals surface area contributed by atoms with Crippen molar-refractivity contribution < 1.29 is 22.0 Å². The molecule has 0 amide bonds. The van der Waals surface area contributed by atoms with Gasteiger partial charge in [0.25, 0.3) is 5.92 Å². The summed E-state index contributed by atoms with van der Waals surface area (Å²) < 4.78 is 63.2. The molecule has 0 aromatic heterocycles. The summed E-state index contributed by atoms with van der Waals surface area (Å²) in [5.41, 5.74) is 3.03. The second kappa shape index (κ2) is 3.19. The highest BCUT2D eigenvalue weighted by Crippen LogP contribution is 2.58. The summed E-state index contributed by atoms with van der Waals surface area (Å²) in [5, 5.41) is 0. The van der Waals surface area contributed by atoms with Crippen molar-refractivity contribution in [3.05, 3.63) is 34.9 Å². The van der Waals surface area contributed by atoms with Crippen molar-refractivity contribution in [3.8, 4) is 0 Å². The summed E-state index contributed by atoms with van der Waals surface area (Å²) in [4.78, 5) is 0. The number of halogens is 5. The lowest BCUT2D eigenvalue weighted by Crippen LogP contribution is -2.28. The van der Waals surface area contributed by atoms with Crippen LogP contribution < -0.4 is 5.73 Å². The fraction of sp³-hybridized carbons (Fsp3) is 0.455. The fourth-order valence-corrected chi connectivity index (χ4v) is 1.94. The van der Waals surface area contributed by atoms with Crippen LogP contribution in [0.3, 0.4) is 0 Å². The minimum atomic E-state index is -4.48. The molecule has 2 rings (SSSR count). The topological polar surface area (TPSA) is 26.0 Å². The van der Waals surface area contributed by atoms with Crippen LogP contribution in [-0.2, 0) is 11.7 Å². The van der Waals surface area contributed by atoms with E-state index in [-0.39, 0.29) is 11.1 Å². The number of aryl methyl sites for hydroxylation is 1. The van der Waals surface area contributed by atoms with E-state index in [1.54, 1.807) is 0 Å². The van der Waals surface area contributed by atoms with E-state index in [0.717, 1.165) is 18.2 Å². The Morgan fingerprint density at radius 2 is 1.76 bits per heavy atom. The number of rotatable bonds is 1. The van der Waals surface area contributed by atoms with Crippen LogP contribution in [-0.4, -0.2) is 5.92 Å². The van der Waals surface area contributed by atoms with Gasteiger partial charge in [-0.25, -0.2) is 8.78 Å². The maximum Gasteiger partial charge on any atom is 0.416 e. The quantitative estimate of drug-likeness (QED) is 0.762. The van der Waals surface area contributed by atoms with E-state index in [1.807, 2.05) is 0 Å². The molecule has 1 fully saturated rings. The van der Waals surface area contributed by atoms with Crippen molar-refractivity contribution >= 4 is 0 Å². The van der Waals surface area contributed by atoms with E-state index in [0.29, 0.717) is 0 Å². The summed E-state index contributed by atoms with van der Waals surface area (Å²) in [7, 11) is 0. The average molecular weight is 251 g/mol. The molecule has 17 heavy (non-hydrogen) atoms. The van der Waals surface area contributed by atoms with Crippen LogP contribution in [0.15, 0.2) is 18.2 Å². The van der Waals surface area contributed by atoms with Crippen LogP contribution in [0.4, 0.5) is 22.0 Å². The molecule has 1 saturated carbocycles. The van der Waals surface area contributed by atoms with E-state index in [2.05, 4.69) is 0 Å². The summed E-state index contributed by atoms with van der Waals surface area (Å²) >= 11 is 0. The van der Waals surface area contributed by atoms with Crippen molar-refractivity contribution in [1.29, 1.82) is 0 Å². The van der Waals surface area contributed by atoms with Gasteiger partial charge in [0.1, 0.15) is 5.54 Å². The van der Waals surface area contributed by atoms with Crippen molar-refractivity contribution in [2.75, 3.05) is 0 Å². The average Bonchev–Trinajstić information content (AvgIpc) is 2.64. The molecule has 1 aliphatic carbocycles. The van der Waals surface area contributed by atoms with Crippen LogP contribution in [0.25, 0.3) is 0 Å². The van der Waals surface area contributed by atoms with Crippen molar-refractivity contribution in [1.82, 2.24) is 0 Å². The first kappa shape index (κ1) is 12.3. The summed E-state index contributed by atoms with van der Waals surface area (Å²) in [5.74, 6) is -3.03. The molecule has 0 radical (unpaired) electrons. The third-order valence-electron chi connectivity index (χ3n) is 3.06. The number of hydrogen-bond donors (Lipinski definition) is 1. The first-order valence-electron chi connectivity index (χ1n) is 4.93. The van der Waals surface area contributed by atoms with Gasteiger partial charge in [0, 0.05) is 6.42 Å². The minimum Gasteiger partial charge on any atom is -0.316 e. The lowest BCUT2D eigenvalue weighted by atomic mass is 9.97. The predicted molar refractivity (Wildman–Crippen MR) is 51.6 cm³/mol. The molecule has 1 atom stereocenters. The molecule has 1 aromatic carbocycles. The van der Waals surface area contributed by atoms with Crippen molar-refractivity contribution in [2.24, 2.45) is 5.73 Å². The summed E-state index contributed by atoms with van der Waals surface area (Å²) in [6.07, 6.45) is -5.00. The molecule has 2 N–H and O–H groups in total. The van der Waals surface area contributed by atoms with Gasteiger partial charge >= 0.3 is 6.18 Å². The maximum atomic E-state index is 13.0. The number of benzene rings is 1. The Labute approximate surface area is 94.4 Å². The van der Waals surface area contributed by atoms with Crippen LogP contribution in [0.2, 0.25) is 0 Å². The molecule has 6 heteroatoms. The first-order valence-corrected chi connectivity index (χ1v) is 4.93. The van der Waals surface area contributed by atoms with Crippen LogP contribution >= 0.6 is 0 Å². The van der Waals surface area contributed by atoms with E-state index in [1.165, 1.54) is 6.92 Å². The molecular formula is C11H10F5N. The van der Waals surface area contributed by atoms with Crippen LogP contribution in [0, 0.1) is 6.92 Å². The molecule has 0 bridgehead atoms. The summed E-state index contributed by atoms with van der Waals surface area (Å²) in [6.45, 7) is 1.35. The Morgan fingerprint density at radius 3 is 2.12 bits per heavy atom. The van der Waals surface area contributed by atoms with Crippen LogP contribution in [0.1, 0.15) is 23.1 Å². The lowest BCUT2D eigenvalue weighted by Gasteiger charge is -2.16. The lowest BCUT2D eigenvalue weighted by molar-refractivity contribution is -0.137. The van der Waals surface area contributed by atoms with Gasteiger partial charge in [0.05, 0.1) is 5.56 Å². The molecule has 0 saturated heterocycles. The normalized spacial score (nSPS) is 27.0. The number of hydrogen-bond acceptors (Lipinski definition) is 1. The second-order valence-electron chi connectivity index (χ2n) is 4.38. The highest BCUT2D eigenvalue weighted by Gasteiger charge is 2.70. The van der Waals surface area contributed by atoms with Gasteiger partial charge in [0.15, 0.2) is 0 Å². The first-order chi connectivity index (χ1) is 7.58. The van der Waals surface area contributed by atoms with Gasteiger partial charge in [-0.3, -0.25) is 0 Å². The zero-order valence-corrected chi connectivity index (χ0v) is 8.91. The van der Waals surface area contributed by atoms with Gasteiger partial charge in [-0.2, -0.15) is 13.2 Å². The van der Waals surface area contributed by atoms with Crippen molar-refractivity contribution in [2.45, 2.75) is 31.0 Å². The molecule has 0 aliphatic heterocycles. The Kier molecular flexibility index (Phi) is 2.30. The van der Waals surface area contributed by atoms with E-state index < -0.39 is 29.6 Å². The Balaban J connectivity index is 2.41.